The van der Waals surface area contributed by atoms with E-state index in [0.717, 1.165) is 6.42 Å². The highest BCUT2D eigenvalue weighted by atomic mass is 32.1. The number of aromatic nitrogens is 5. The van der Waals surface area contributed by atoms with Gasteiger partial charge in [-0.2, -0.15) is 9.50 Å². The van der Waals surface area contributed by atoms with Crippen molar-refractivity contribution in [1.82, 2.24) is 24.7 Å². The van der Waals surface area contributed by atoms with Gasteiger partial charge in [-0.1, -0.05) is 16.5 Å². The molecule has 4 rings (SSSR count). The molecule has 0 atom stereocenters. The Morgan fingerprint density at radius 1 is 1.23 bits per heavy atom. The van der Waals surface area contributed by atoms with Gasteiger partial charge in [-0.3, -0.25) is 4.79 Å². The molecule has 0 aliphatic carbocycles. The first kappa shape index (κ1) is 16.3. The Morgan fingerprint density at radius 3 is 2.88 bits per heavy atom. The summed E-state index contributed by atoms with van der Waals surface area (Å²) in [5, 5.41) is 11.9. The molecule has 0 bridgehead atoms. The highest BCUT2D eigenvalue weighted by Crippen LogP contribution is 2.17. The fourth-order valence-corrected chi connectivity index (χ4v) is 3.12. The molecule has 4 aromatic rings. The minimum absolute atomic E-state index is 0.210. The highest BCUT2D eigenvalue weighted by molar-refractivity contribution is 7.20. The first-order chi connectivity index (χ1) is 12.7. The Kier molecular flexibility index (Phi) is 4.40. The van der Waals surface area contributed by atoms with E-state index in [1.807, 2.05) is 0 Å². The molecule has 1 aromatic carbocycles. The molecule has 1 N–H and O–H groups in total. The zero-order valence-electron chi connectivity index (χ0n) is 13.4. The maximum Gasteiger partial charge on any atom is 0.275 e. The van der Waals surface area contributed by atoms with Gasteiger partial charge in [0.1, 0.15) is 5.82 Å². The average Bonchev–Trinajstić information content (AvgIpc) is 3.27. The van der Waals surface area contributed by atoms with Gasteiger partial charge in [-0.05, 0) is 30.7 Å². The van der Waals surface area contributed by atoms with Gasteiger partial charge < -0.3 is 9.84 Å². The van der Waals surface area contributed by atoms with E-state index in [0.29, 0.717) is 40.3 Å². The van der Waals surface area contributed by atoms with Crippen LogP contribution in [-0.2, 0) is 6.42 Å². The van der Waals surface area contributed by atoms with Crippen LogP contribution >= 0.6 is 11.3 Å². The lowest BCUT2D eigenvalue weighted by Gasteiger charge is -1.98. The van der Waals surface area contributed by atoms with Crippen molar-refractivity contribution in [1.29, 1.82) is 0 Å². The highest BCUT2D eigenvalue weighted by Gasteiger charge is 2.09. The molecule has 0 radical (unpaired) electrons. The molecule has 0 aliphatic rings. The summed E-state index contributed by atoms with van der Waals surface area (Å²) in [6.45, 7) is 0.628. The average molecular weight is 372 g/mol. The Labute approximate surface area is 150 Å². The topological polar surface area (TPSA) is 98.2 Å². The van der Waals surface area contributed by atoms with Crippen molar-refractivity contribution < 1.29 is 8.91 Å². The summed E-state index contributed by atoms with van der Waals surface area (Å²) in [7, 11) is 0. The van der Waals surface area contributed by atoms with Crippen LogP contribution in [0.1, 0.15) is 12.3 Å². The van der Waals surface area contributed by atoms with Crippen molar-refractivity contribution in [2.75, 3.05) is 11.9 Å². The number of rotatable bonds is 6. The number of fused-ring (bicyclic) bond motifs is 1. The van der Waals surface area contributed by atoms with Gasteiger partial charge in [0.2, 0.25) is 21.8 Å². The Hall–Kier alpha value is -3.14. The number of nitrogens with one attached hydrogen (secondary N) is 1. The summed E-state index contributed by atoms with van der Waals surface area (Å²) in [6, 6.07) is 7.29. The van der Waals surface area contributed by atoms with Crippen molar-refractivity contribution in [2.45, 2.75) is 12.8 Å². The minimum atomic E-state index is -0.309. The Bertz CT molecular complexity index is 1090. The fraction of sp³-hybridized carbons (Fsp3) is 0.188. The lowest BCUT2D eigenvalue weighted by molar-refractivity contribution is 0.377. The van der Waals surface area contributed by atoms with E-state index < -0.39 is 0 Å². The monoisotopic (exact) mass is 372 g/mol. The number of benzene rings is 1. The van der Waals surface area contributed by atoms with Crippen LogP contribution in [-0.4, -0.2) is 31.3 Å². The summed E-state index contributed by atoms with van der Waals surface area (Å²) in [5.74, 6) is 0.633. The summed E-state index contributed by atoms with van der Waals surface area (Å²) in [6.07, 6.45) is 2.79. The van der Waals surface area contributed by atoms with E-state index in [4.69, 9.17) is 4.52 Å². The molecular weight excluding hydrogens is 359 g/mol. The van der Waals surface area contributed by atoms with E-state index in [1.165, 1.54) is 40.2 Å². The predicted octanol–water partition coefficient (Wildman–Crippen LogP) is 2.38. The molecule has 0 unspecified atom stereocenters. The van der Waals surface area contributed by atoms with Crippen molar-refractivity contribution in [3.8, 4) is 11.4 Å². The van der Waals surface area contributed by atoms with Crippen molar-refractivity contribution >= 4 is 21.4 Å². The van der Waals surface area contributed by atoms with Crippen LogP contribution in [0, 0.1) is 5.82 Å². The molecular formula is C16H13FN6O2S. The van der Waals surface area contributed by atoms with Gasteiger partial charge >= 0.3 is 0 Å². The molecule has 132 valence electrons. The summed E-state index contributed by atoms with van der Waals surface area (Å²) < 4.78 is 19.4. The zero-order chi connectivity index (χ0) is 17.9. The zero-order valence-corrected chi connectivity index (χ0v) is 14.2. The smallest absolute Gasteiger partial charge is 0.275 e. The van der Waals surface area contributed by atoms with E-state index in [-0.39, 0.29) is 11.4 Å². The van der Waals surface area contributed by atoms with Crippen LogP contribution in [0.15, 0.2) is 45.8 Å². The normalized spacial score (nSPS) is 11.1. The molecule has 0 saturated heterocycles. The second-order valence-corrected chi connectivity index (χ2v) is 6.39. The van der Waals surface area contributed by atoms with E-state index >= 15 is 0 Å². The maximum atomic E-state index is 12.9. The van der Waals surface area contributed by atoms with Crippen LogP contribution in [0.2, 0.25) is 0 Å². The number of hydrogen-bond donors (Lipinski definition) is 1. The third kappa shape index (κ3) is 3.45. The van der Waals surface area contributed by atoms with Crippen molar-refractivity contribution in [2.24, 2.45) is 0 Å². The van der Waals surface area contributed by atoms with Crippen LogP contribution in [0.25, 0.3) is 16.3 Å². The number of nitrogens with zero attached hydrogens (tertiary/aromatic N) is 5. The molecule has 0 amide bonds. The molecule has 0 fully saturated rings. The maximum absolute atomic E-state index is 12.9. The molecule has 3 heterocycles. The van der Waals surface area contributed by atoms with E-state index in [2.05, 4.69) is 25.5 Å². The third-order valence-electron chi connectivity index (χ3n) is 3.58. The Morgan fingerprint density at radius 2 is 2.08 bits per heavy atom. The molecule has 0 aliphatic heterocycles. The second kappa shape index (κ2) is 7.00. The van der Waals surface area contributed by atoms with E-state index in [9.17, 15) is 9.18 Å². The largest absolute Gasteiger partial charge is 0.360 e. The first-order valence-electron chi connectivity index (χ1n) is 7.86. The van der Waals surface area contributed by atoms with Crippen LogP contribution in [0.4, 0.5) is 9.52 Å². The number of aryl methyl sites for hydroxylation is 1. The SMILES string of the molecule is O=c1ccnc2sc(NCCCc3nc(-c4ccc(F)cc4)no3)nn12. The fourth-order valence-electron chi connectivity index (χ4n) is 2.32. The summed E-state index contributed by atoms with van der Waals surface area (Å²) >= 11 is 1.31. The van der Waals surface area contributed by atoms with Crippen LogP contribution < -0.4 is 10.9 Å². The quantitative estimate of drug-likeness (QED) is 0.519. The van der Waals surface area contributed by atoms with Crippen molar-refractivity contribution in [3.05, 3.63) is 58.6 Å². The standard InChI is InChI=1S/C16H13FN6O2S/c17-11-5-3-10(4-6-11)14-20-12(25-22-14)2-1-8-18-15-21-23-13(24)7-9-19-16(23)26-15/h3-7,9H,1-2,8H2,(H,18,21). The molecule has 26 heavy (non-hydrogen) atoms. The van der Waals surface area contributed by atoms with Crippen LogP contribution in [0.5, 0.6) is 0 Å². The van der Waals surface area contributed by atoms with Gasteiger partial charge in [0, 0.05) is 30.8 Å². The molecule has 8 nitrogen and oxygen atoms in total. The van der Waals surface area contributed by atoms with Gasteiger partial charge in [0.25, 0.3) is 5.56 Å². The molecule has 10 heteroatoms. The summed E-state index contributed by atoms with van der Waals surface area (Å²) in [5.41, 5.74) is 0.491. The van der Waals surface area contributed by atoms with Gasteiger partial charge in [-0.25, -0.2) is 9.37 Å². The molecule has 0 saturated carbocycles. The molecule has 3 aromatic heterocycles. The Balaban J connectivity index is 1.32. The number of hydrogen-bond acceptors (Lipinski definition) is 8. The lowest BCUT2D eigenvalue weighted by atomic mass is 10.2. The third-order valence-corrected chi connectivity index (χ3v) is 4.47. The van der Waals surface area contributed by atoms with Crippen LogP contribution in [0.3, 0.4) is 0 Å². The first-order valence-corrected chi connectivity index (χ1v) is 8.68. The number of halogens is 1. The molecule has 0 spiro atoms. The number of anilines is 1. The van der Waals surface area contributed by atoms with Gasteiger partial charge in [0.05, 0.1) is 0 Å². The van der Waals surface area contributed by atoms with Gasteiger partial charge in [0.15, 0.2) is 0 Å². The summed E-state index contributed by atoms with van der Waals surface area (Å²) in [4.78, 5) is 20.6. The minimum Gasteiger partial charge on any atom is -0.360 e. The van der Waals surface area contributed by atoms with Gasteiger partial charge in [-0.15, -0.1) is 5.10 Å². The lowest BCUT2D eigenvalue weighted by Crippen LogP contribution is -2.13. The van der Waals surface area contributed by atoms with Crippen molar-refractivity contribution in [3.63, 3.8) is 0 Å². The van der Waals surface area contributed by atoms with E-state index in [1.54, 1.807) is 12.1 Å². The predicted molar refractivity (Wildman–Crippen MR) is 93.6 cm³/mol. The second-order valence-electron chi connectivity index (χ2n) is 5.43.